The zero-order valence-electron chi connectivity index (χ0n) is 30.0. The molecule has 6 heteroatoms. The van der Waals surface area contributed by atoms with E-state index in [1.165, 1.54) is 5.39 Å². The highest BCUT2D eigenvalue weighted by Gasteiger charge is 2.21. The van der Waals surface area contributed by atoms with E-state index in [0.717, 1.165) is 77.4 Å². The molecule has 6 nitrogen and oxygen atoms in total. The van der Waals surface area contributed by atoms with Crippen LogP contribution in [-0.4, -0.2) is 24.5 Å². The summed E-state index contributed by atoms with van der Waals surface area (Å²) in [6.45, 7) is 0. The van der Waals surface area contributed by atoms with Crippen LogP contribution >= 0.6 is 0 Å². The fourth-order valence-corrected chi connectivity index (χ4v) is 7.90. The van der Waals surface area contributed by atoms with Gasteiger partial charge in [0.05, 0.1) is 22.3 Å². The zero-order chi connectivity index (χ0) is 37.0. The summed E-state index contributed by atoms with van der Waals surface area (Å²) in [6, 6.07) is 64.7. The van der Waals surface area contributed by atoms with Crippen LogP contribution in [0.3, 0.4) is 0 Å². The predicted octanol–water partition coefficient (Wildman–Crippen LogP) is 12.6. The molecule has 0 bridgehead atoms. The Balaban J connectivity index is 1.05. The highest BCUT2D eigenvalue weighted by Crippen LogP contribution is 2.42. The fraction of sp³-hybridized carbons (Fsp3) is 0. The first kappa shape index (κ1) is 31.8. The number of nitrogens with zero attached hydrogens (tertiary/aromatic N) is 5. The Kier molecular flexibility index (Phi) is 7.38. The first-order chi connectivity index (χ1) is 27.8. The Morgan fingerprint density at radius 1 is 0.357 bits per heavy atom. The summed E-state index contributed by atoms with van der Waals surface area (Å²) in [5, 5.41) is 4.61. The van der Waals surface area contributed by atoms with Crippen LogP contribution in [0.25, 0.3) is 106 Å². The van der Waals surface area contributed by atoms with E-state index in [1.807, 2.05) is 84.9 Å². The van der Waals surface area contributed by atoms with Crippen molar-refractivity contribution >= 4 is 43.7 Å². The van der Waals surface area contributed by atoms with Crippen LogP contribution in [-0.2, 0) is 0 Å². The minimum Gasteiger partial charge on any atom is -0.436 e. The van der Waals surface area contributed by atoms with E-state index in [0.29, 0.717) is 23.4 Å². The molecule has 0 saturated heterocycles. The Morgan fingerprint density at radius 3 is 1.61 bits per heavy atom. The van der Waals surface area contributed by atoms with Gasteiger partial charge in [-0.1, -0.05) is 158 Å². The molecule has 3 aromatic heterocycles. The lowest BCUT2D eigenvalue weighted by molar-refractivity contribution is 0.620. The average Bonchev–Trinajstić information content (AvgIpc) is 3.86. The number of oxazole rings is 1. The summed E-state index contributed by atoms with van der Waals surface area (Å²) in [5.74, 6) is 2.52. The molecule has 0 amide bonds. The quantitative estimate of drug-likeness (QED) is 0.171. The van der Waals surface area contributed by atoms with E-state index in [4.69, 9.17) is 24.4 Å². The third-order valence-corrected chi connectivity index (χ3v) is 10.5. The molecular formula is C50H31N5O. The number of aromatic nitrogens is 5. The van der Waals surface area contributed by atoms with Crippen LogP contribution in [0.4, 0.5) is 0 Å². The van der Waals surface area contributed by atoms with Crippen molar-refractivity contribution in [2.24, 2.45) is 0 Å². The number of fused-ring (bicyclic) bond motifs is 5. The molecule has 262 valence electrons. The van der Waals surface area contributed by atoms with E-state index in [2.05, 4.69) is 108 Å². The second-order valence-corrected chi connectivity index (χ2v) is 13.8. The molecule has 56 heavy (non-hydrogen) atoms. The third kappa shape index (κ3) is 5.27. The number of hydrogen-bond acceptors (Lipinski definition) is 5. The molecule has 0 saturated carbocycles. The molecule has 0 N–H and O–H groups in total. The van der Waals surface area contributed by atoms with Gasteiger partial charge in [-0.05, 0) is 46.8 Å². The van der Waals surface area contributed by atoms with Crippen molar-refractivity contribution in [3.05, 3.63) is 188 Å². The summed E-state index contributed by atoms with van der Waals surface area (Å²) in [7, 11) is 0. The van der Waals surface area contributed by atoms with E-state index < -0.39 is 0 Å². The van der Waals surface area contributed by atoms with Gasteiger partial charge in [-0.3, -0.25) is 0 Å². The molecule has 8 aromatic carbocycles. The monoisotopic (exact) mass is 717 g/mol. The largest absolute Gasteiger partial charge is 0.436 e. The standard InChI is InChI=1S/C50H31N5O/c1-3-14-33(15-4-1)47-52-48(34-16-5-2-6-17-34)54-49(53-47)35-28-26-32(27-29-35)36-30-31-44(38-19-8-7-18-37(36)38)55-43-24-11-9-20-39(43)40-21-13-22-41(46(40)55)50-51-42-23-10-12-25-45(42)56-50/h1-31H. The summed E-state index contributed by atoms with van der Waals surface area (Å²) in [5.41, 5.74) is 10.9. The minimum absolute atomic E-state index is 0.604. The van der Waals surface area contributed by atoms with Gasteiger partial charge in [-0.15, -0.1) is 0 Å². The molecule has 11 aromatic rings. The molecule has 0 spiro atoms. The molecule has 0 radical (unpaired) electrons. The first-order valence-electron chi connectivity index (χ1n) is 18.6. The van der Waals surface area contributed by atoms with E-state index in [1.54, 1.807) is 0 Å². The molecule has 0 aliphatic heterocycles. The Labute approximate surface area is 322 Å². The molecule has 0 fully saturated rings. The number of para-hydroxylation sites is 4. The smallest absolute Gasteiger partial charge is 0.229 e. The van der Waals surface area contributed by atoms with Crippen LogP contribution in [0.15, 0.2) is 192 Å². The molecule has 11 rings (SSSR count). The van der Waals surface area contributed by atoms with Gasteiger partial charge >= 0.3 is 0 Å². The zero-order valence-corrected chi connectivity index (χ0v) is 30.0. The molecule has 0 atom stereocenters. The first-order valence-corrected chi connectivity index (χ1v) is 18.6. The lowest BCUT2D eigenvalue weighted by atomic mass is 9.96. The van der Waals surface area contributed by atoms with Crippen LogP contribution in [0, 0.1) is 0 Å². The van der Waals surface area contributed by atoms with Crippen LogP contribution < -0.4 is 0 Å². The predicted molar refractivity (Wildman–Crippen MR) is 226 cm³/mol. The highest BCUT2D eigenvalue weighted by molar-refractivity contribution is 6.15. The third-order valence-electron chi connectivity index (χ3n) is 10.5. The topological polar surface area (TPSA) is 69.6 Å². The van der Waals surface area contributed by atoms with Crippen molar-refractivity contribution in [3.63, 3.8) is 0 Å². The van der Waals surface area contributed by atoms with Gasteiger partial charge in [-0.2, -0.15) is 0 Å². The average molecular weight is 718 g/mol. The van der Waals surface area contributed by atoms with E-state index in [9.17, 15) is 0 Å². The molecular weight excluding hydrogens is 687 g/mol. The Hall–Kier alpha value is -7.70. The molecule has 0 aliphatic carbocycles. The normalized spacial score (nSPS) is 11.6. The van der Waals surface area contributed by atoms with Crippen molar-refractivity contribution in [1.82, 2.24) is 24.5 Å². The summed E-state index contributed by atoms with van der Waals surface area (Å²) in [6.07, 6.45) is 0. The van der Waals surface area contributed by atoms with Gasteiger partial charge in [0.2, 0.25) is 5.89 Å². The van der Waals surface area contributed by atoms with E-state index in [-0.39, 0.29) is 0 Å². The second kappa shape index (κ2) is 13.0. The van der Waals surface area contributed by atoms with Gasteiger partial charge < -0.3 is 8.98 Å². The summed E-state index contributed by atoms with van der Waals surface area (Å²) < 4.78 is 8.75. The number of rotatable bonds is 6. The lowest BCUT2D eigenvalue weighted by Gasteiger charge is -2.16. The van der Waals surface area contributed by atoms with Crippen molar-refractivity contribution in [3.8, 4) is 62.4 Å². The van der Waals surface area contributed by atoms with Gasteiger partial charge in [0.25, 0.3) is 0 Å². The van der Waals surface area contributed by atoms with Crippen molar-refractivity contribution in [2.45, 2.75) is 0 Å². The highest BCUT2D eigenvalue weighted by atomic mass is 16.3. The van der Waals surface area contributed by atoms with Crippen molar-refractivity contribution in [1.29, 1.82) is 0 Å². The Bertz CT molecular complexity index is 3150. The fourth-order valence-electron chi connectivity index (χ4n) is 7.90. The molecule has 0 aliphatic rings. The van der Waals surface area contributed by atoms with Crippen molar-refractivity contribution < 1.29 is 4.42 Å². The van der Waals surface area contributed by atoms with Gasteiger partial charge in [0, 0.05) is 32.8 Å². The minimum atomic E-state index is 0.604. The summed E-state index contributed by atoms with van der Waals surface area (Å²) in [4.78, 5) is 19.7. The SMILES string of the molecule is c1ccc(-c2nc(-c3ccccc3)nc(-c3ccc(-c4ccc(-n5c6ccccc6c6cccc(-c7nc8ccccc8o7)c65)c5ccccc45)cc3)n2)cc1. The maximum Gasteiger partial charge on any atom is 0.229 e. The van der Waals surface area contributed by atoms with Gasteiger partial charge in [0.1, 0.15) is 5.52 Å². The van der Waals surface area contributed by atoms with Gasteiger partial charge in [0.15, 0.2) is 23.1 Å². The van der Waals surface area contributed by atoms with Crippen LogP contribution in [0.1, 0.15) is 0 Å². The van der Waals surface area contributed by atoms with Gasteiger partial charge in [-0.25, -0.2) is 19.9 Å². The summed E-state index contributed by atoms with van der Waals surface area (Å²) >= 11 is 0. The number of hydrogen-bond donors (Lipinski definition) is 0. The number of benzene rings is 8. The van der Waals surface area contributed by atoms with E-state index >= 15 is 0 Å². The maximum absolute atomic E-state index is 6.38. The molecule has 0 unspecified atom stereocenters. The maximum atomic E-state index is 6.38. The lowest BCUT2D eigenvalue weighted by Crippen LogP contribution is -2.00. The van der Waals surface area contributed by atoms with Crippen LogP contribution in [0.2, 0.25) is 0 Å². The van der Waals surface area contributed by atoms with Crippen molar-refractivity contribution in [2.75, 3.05) is 0 Å². The second-order valence-electron chi connectivity index (χ2n) is 13.8. The molecule has 3 heterocycles. The Morgan fingerprint density at radius 2 is 0.911 bits per heavy atom. The van der Waals surface area contributed by atoms with Crippen LogP contribution in [0.5, 0.6) is 0 Å².